The molecule has 0 aromatic rings. The molecule has 0 aliphatic rings. The van der Waals surface area contributed by atoms with Gasteiger partial charge in [-0.1, -0.05) is 35.6 Å². The van der Waals surface area contributed by atoms with Gasteiger partial charge in [0, 0.05) is 19.5 Å². The number of rotatable bonds is 2. The van der Waals surface area contributed by atoms with E-state index in [1.165, 1.54) is 0 Å². The first-order valence-electron chi connectivity index (χ1n) is 3.63. The second-order valence-electron chi connectivity index (χ2n) is 3.44. The van der Waals surface area contributed by atoms with Crippen molar-refractivity contribution in [3.8, 4) is 0 Å². The summed E-state index contributed by atoms with van der Waals surface area (Å²) in [4.78, 5) is 13.0. The van der Waals surface area contributed by atoms with Crippen LogP contribution in [0.25, 0.3) is 0 Å². The second kappa shape index (κ2) is 6.04. The molecule has 0 bridgehead atoms. The molecule has 0 atom stereocenters. The Labute approximate surface area is 78.0 Å². The molecule has 0 rings (SSSR count). The zero-order chi connectivity index (χ0) is 8.36. The highest BCUT2D eigenvalue weighted by atomic mass is 16.2. The minimum Gasteiger partial charge on any atom is -0.348 e. The average Bonchev–Trinajstić information content (AvgIpc) is 1.86. The molecule has 0 aromatic heterocycles. The quantitative estimate of drug-likeness (QED) is 0.632. The van der Waals surface area contributed by atoms with Crippen LogP contribution in [0, 0.1) is 5.41 Å². The Hall–Kier alpha value is -0.530. The van der Waals surface area contributed by atoms with Gasteiger partial charge in [-0.15, -0.1) is 0 Å². The van der Waals surface area contributed by atoms with Crippen LogP contribution >= 0.6 is 0 Å². The number of hydrogen-bond donors (Lipinski definition) is 0. The lowest BCUT2D eigenvalue weighted by atomic mass is 9.89. The smallest absolute Gasteiger partial charge is 0.227 e. The minimum absolute atomic E-state index is 0. The van der Waals surface area contributed by atoms with Crippen LogP contribution in [0.5, 0.6) is 0 Å². The summed E-state index contributed by atoms with van der Waals surface area (Å²) in [5, 5.41) is 0. The van der Waals surface area contributed by atoms with Gasteiger partial charge in [0.25, 0.3) is 0 Å². The van der Waals surface area contributed by atoms with E-state index < -0.39 is 0 Å². The highest BCUT2D eigenvalue weighted by Crippen LogP contribution is 2.21. The van der Waals surface area contributed by atoms with Crippen LogP contribution in [0.15, 0.2) is 0 Å². The standard InChI is InChI=1S/C8H17NO.2CH4/c1-6-8(2,3)7(10)9(4)5;;/h6H2,1-5H3;2*1H4. The molecule has 1 amide bonds. The van der Waals surface area contributed by atoms with E-state index in [0.29, 0.717) is 0 Å². The maximum atomic E-state index is 11.3. The van der Waals surface area contributed by atoms with Gasteiger partial charge in [0.2, 0.25) is 5.91 Å². The predicted octanol–water partition coefficient (Wildman–Crippen LogP) is 2.78. The molecular weight excluding hydrogens is 150 g/mol. The van der Waals surface area contributed by atoms with Crippen LogP contribution in [-0.4, -0.2) is 24.9 Å². The van der Waals surface area contributed by atoms with Crippen molar-refractivity contribution in [2.75, 3.05) is 14.1 Å². The zero-order valence-electron chi connectivity index (χ0n) is 7.56. The van der Waals surface area contributed by atoms with Crippen molar-refractivity contribution in [1.29, 1.82) is 0 Å². The summed E-state index contributed by atoms with van der Waals surface area (Å²) in [5.74, 6) is 0.204. The largest absolute Gasteiger partial charge is 0.348 e. The Morgan fingerprint density at radius 1 is 1.25 bits per heavy atom. The molecule has 0 saturated heterocycles. The number of hydrogen-bond acceptors (Lipinski definition) is 1. The number of carbonyl (C=O) groups is 1. The van der Waals surface area contributed by atoms with Crippen LogP contribution in [0.3, 0.4) is 0 Å². The van der Waals surface area contributed by atoms with E-state index >= 15 is 0 Å². The van der Waals surface area contributed by atoms with Gasteiger partial charge in [0.1, 0.15) is 0 Å². The fourth-order valence-electron chi connectivity index (χ4n) is 0.757. The monoisotopic (exact) mass is 175 g/mol. The zero-order valence-corrected chi connectivity index (χ0v) is 7.56. The Morgan fingerprint density at radius 3 is 1.67 bits per heavy atom. The molecule has 12 heavy (non-hydrogen) atoms. The van der Waals surface area contributed by atoms with Crippen molar-refractivity contribution in [1.82, 2.24) is 4.90 Å². The van der Waals surface area contributed by atoms with Crippen LogP contribution < -0.4 is 0 Å². The molecule has 0 aliphatic carbocycles. The lowest BCUT2D eigenvalue weighted by Gasteiger charge is -2.25. The summed E-state index contributed by atoms with van der Waals surface area (Å²) < 4.78 is 0. The Bertz CT molecular complexity index is 128. The molecule has 76 valence electrons. The summed E-state index contributed by atoms with van der Waals surface area (Å²) in [6.07, 6.45) is 0.893. The van der Waals surface area contributed by atoms with Crippen LogP contribution in [0.4, 0.5) is 0 Å². The molecule has 0 fully saturated rings. The normalized spacial score (nSPS) is 9.42. The van der Waals surface area contributed by atoms with Crippen molar-refractivity contribution < 1.29 is 4.79 Å². The molecule has 0 aliphatic heterocycles. The molecule has 0 unspecified atom stereocenters. The van der Waals surface area contributed by atoms with Crippen LogP contribution in [-0.2, 0) is 4.79 Å². The molecule has 0 heterocycles. The van der Waals surface area contributed by atoms with Crippen molar-refractivity contribution in [2.45, 2.75) is 42.0 Å². The lowest BCUT2D eigenvalue weighted by molar-refractivity contribution is -0.137. The third-order valence-electron chi connectivity index (χ3n) is 1.87. The van der Waals surface area contributed by atoms with E-state index in [9.17, 15) is 4.79 Å². The van der Waals surface area contributed by atoms with Gasteiger partial charge >= 0.3 is 0 Å². The van der Waals surface area contributed by atoms with Crippen molar-refractivity contribution in [3.05, 3.63) is 0 Å². The Morgan fingerprint density at radius 2 is 1.58 bits per heavy atom. The predicted molar refractivity (Wildman–Crippen MR) is 56.2 cm³/mol. The van der Waals surface area contributed by atoms with E-state index in [2.05, 4.69) is 0 Å². The first kappa shape index (κ1) is 17.5. The van der Waals surface area contributed by atoms with Crippen LogP contribution in [0.1, 0.15) is 42.0 Å². The van der Waals surface area contributed by atoms with E-state index in [-0.39, 0.29) is 26.2 Å². The van der Waals surface area contributed by atoms with Gasteiger partial charge in [-0.25, -0.2) is 0 Å². The molecular formula is C10H25NO. The highest BCUT2D eigenvalue weighted by Gasteiger charge is 2.26. The van der Waals surface area contributed by atoms with Gasteiger partial charge in [0.15, 0.2) is 0 Å². The maximum absolute atomic E-state index is 11.3. The summed E-state index contributed by atoms with van der Waals surface area (Å²) in [5.41, 5.74) is -0.191. The molecule has 0 saturated carbocycles. The Balaban J connectivity index is -0.000000405. The third kappa shape index (κ3) is 4.37. The van der Waals surface area contributed by atoms with E-state index in [4.69, 9.17) is 0 Å². The summed E-state index contributed by atoms with van der Waals surface area (Å²) >= 11 is 0. The van der Waals surface area contributed by atoms with Crippen molar-refractivity contribution in [3.63, 3.8) is 0 Å². The molecule has 0 radical (unpaired) electrons. The van der Waals surface area contributed by atoms with E-state index in [0.717, 1.165) is 6.42 Å². The summed E-state index contributed by atoms with van der Waals surface area (Å²) in [7, 11) is 3.58. The number of amides is 1. The first-order valence-corrected chi connectivity index (χ1v) is 3.63. The lowest BCUT2D eigenvalue weighted by Crippen LogP contribution is -2.35. The molecule has 0 N–H and O–H groups in total. The topological polar surface area (TPSA) is 20.3 Å². The van der Waals surface area contributed by atoms with Gasteiger partial charge in [-0.05, 0) is 6.42 Å². The van der Waals surface area contributed by atoms with Gasteiger partial charge in [0.05, 0.1) is 0 Å². The van der Waals surface area contributed by atoms with Gasteiger partial charge < -0.3 is 4.90 Å². The SMILES string of the molecule is C.C.CCC(C)(C)C(=O)N(C)C. The number of carbonyl (C=O) groups excluding carboxylic acids is 1. The molecule has 0 aromatic carbocycles. The van der Waals surface area contributed by atoms with E-state index in [1.54, 1.807) is 19.0 Å². The summed E-state index contributed by atoms with van der Waals surface area (Å²) in [6, 6.07) is 0. The molecule has 2 nitrogen and oxygen atoms in total. The Kier molecular flexibility index (Phi) is 8.82. The molecule has 0 spiro atoms. The first-order chi connectivity index (χ1) is 4.41. The van der Waals surface area contributed by atoms with Crippen molar-refractivity contribution in [2.24, 2.45) is 5.41 Å². The highest BCUT2D eigenvalue weighted by molar-refractivity contribution is 5.81. The average molecular weight is 175 g/mol. The minimum atomic E-state index is -0.191. The fraction of sp³-hybridized carbons (Fsp3) is 0.900. The van der Waals surface area contributed by atoms with Crippen molar-refractivity contribution >= 4 is 5.91 Å². The van der Waals surface area contributed by atoms with Gasteiger partial charge in [-0.3, -0.25) is 4.79 Å². The second-order valence-corrected chi connectivity index (χ2v) is 3.44. The van der Waals surface area contributed by atoms with Crippen LogP contribution in [0.2, 0.25) is 0 Å². The molecule has 2 heteroatoms. The third-order valence-corrected chi connectivity index (χ3v) is 1.87. The fourth-order valence-corrected chi connectivity index (χ4v) is 0.757. The summed E-state index contributed by atoms with van der Waals surface area (Å²) in [6.45, 7) is 5.96. The number of nitrogens with zero attached hydrogens (tertiary/aromatic N) is 1. The van der Waals surface area contributed by atoms with E-state index in [1.807, 2.05) is 20.8 Å². The maximum Gasteiger partial charge on any atom is 0.227 e. The van der Waals surface area contributed by atoms with Gasteiger partial charge in [-0.2, -0.15) is 0 Å².